The molecule has 1 aromatic carbocycles. The van der Waals surface area contributed by atoms with Crippen LogP contribution in [0.4, 0.5) is 0 Å². The van der Waals surface area contributed by atoms with Crippen molar-refractivity contribution in [2.24, 2.45) is 0 Å². The van der Waals surface area contributed by atoms with Gasteiger partial charge >= 0.3 is 23.1 Å². The minimum absolute atomic E-state index is 0. The van der Waals surface area contributed by atoms with Gasteiger partial charge in [0.2, 0.25) is 0 Å². The van der Waals surface area contributed by atoms with E-state index < -0.39 is 0 Å². The normalized spacial score (nSPS) is 13.7. The first kappa shape index (κ1) is 16.8. The molecule has 1 fully saturated rings. The van der Waals surface area contributed by atoms with Crippen molar-refractivity contribution in [3.05, 3.63) is 43.2 Å². The first-order chi connectivity index (χ1) is 6.00. The fourth-order valence-corrected chi connectivity index (χ4v) is 0.712. The van der Waals surface area contributed by atoms with Gasteiger partial charge in [-0.25, -0.2) is 0 Å². The van der Waals surface area contributed by atoms with Crippen molar-refractivity contribution in [2.45, 2.75) is 6.42 Å². The van der Waals surface area contributed by atoms with Crippen LogP contribution in [0.25, 0.3) is 0 Å². The van der Waals surface area contributed by atoms with Gasteiger partial charge in [-0.1, -0.05) is 6.79 Å². The van der Waals surface area contributed by atoms with Crippen molar-refractivity contribution in [1.29, 1.82) is 0 Å². The van der Waals surface area contributed by atoms with Gasteiger partial charge in [0.05, 0.1) is 0 Å². The van der Waals surface area contributed by atoms with Crippen LogP contribution < -0.4 is 0 Å². The SMILES string of the molecule is Br.[CH-]1OCCCO1.[Mg+2].[c-]1ccccc1. The molecule has 1 aliphatic rings. The second-order valence-corrected chi connectivity index (χ2v) is 2.27. The Labute approximate surface area is 112 Å². The fourth-order valence-electron chi connectivity index (χ4n) is 0.712. The summed E-state index contributed by atoms with van der Waals surface area (Å²) in [6.45, 7) is 3.03. The van der Waals surface area contributed by atoms with Crippen molar-refractivity contribution >= 4 is 40.0 Å². The third-order valence-corrected chi connectivity index (χ3v) is 1.27. The van der Waals surface area contributed by atoms with Gasteiger partial charge < -0.3 is 9.47 Å². The number of halogens is 1. The van der Waals surface area contributed by atoms with Gasteiger partial charge in [-0.15, -0.1) is 17.0 Å². The zero-order valence-corrected chi connectivity index (χ0v) is 11.1. The van der Waals surface area contributed by atoms with Crippen molar-refractivity contribution in [3.63, 3.8) is 0 Å². The fraction of sp³-hybridized carbons (Fsp3) is 0.300. The Hall–Kier alpha value is 0.386. The second-order valence-electron chi connectivity index (χ2n) is 2.27. The monoisotopic (exact) mass is 268 g/mol. The summed E-state index contributed by atoms with van der Waals surface area (Å²) in [5, 5.41) is 0. The summed E-state index contributed by atoms with van der Waals surface area (Å²) in [6.07, 6.45) is 1.02. The average Bonchev–Trinajstić information content (AvgIpc) is 2.24. The zero-order valence-electron chi connectivity index (χ0n) is 8.02. The van der Waals surface area contributed by atoms with Gasteiger partial charge in [0.15, 0.2) is 0 Å². The van der Waals surface area contributed by atoms with Gasteiger partial charge in [-0.2, -0.15) is 36.4 Å². The smallest absolute Gasteiger partial charge is 0.525 e. The number of hydrogen-bond acceptors (Lipinski definition) is 2. The standard InChI is InChI=1S/C6H5.C4H7O2.BrH.Mg/c1-2-4-6-5-3-1;1-2-5-4-6-3-1;;/h1-5H;4H,1-3H2;1H;/q2*-1;;+2. The molecule has 0 saturated carbocycles. The molecule has 0 aliphatic carbocycles. The van der Waals surface area contributed by atoms with Crippen LogP contribution in [0, 0.1) is 12.9 Å². The summed E-state index contributed by atoms with van der Waals surface area (Å²) in [6, 6.07) is 12.5. The van der Waals surface area contributed by atoms with Crippen LogP contribution >= 0.6 is 17.0 Å². The molecule has 0 aromatic heterocycles. The molecule has 4 heteroatoms. The zero-order chi connectivity index (χ0) is 8.49. The largest absolute Gasteiger partial charge is 2.00 e. The summed E-state index contributed by atoms with van der Waals surface area (Å²) in [5.74, 6) is 0. The van der Waals surface area contributed by atoms with Gasteiger partial charge in [0, 0.05) is 13.2 Å². The van der Waals surface area contributed by atoms with E-state index in [1.54, 1.807) is 0 Å². The first-order valence-corrected chi connectivity index (χ1v) is 3.96. The van der Waals surface area contributed by atoms with Crippen LogP contribution in [-0.2, 0) is 9.47 Å². The molecule has 74 valence electrons. The Morgan fingerprint density at radius 1 is 1.00 bits per heavy atom. The van der Waals surface area contributed by atoms with Gasteiger partial charge in [0.1, 0.15) is 0 Å². The molecule has 2 rings (SSSR count). The number of ether oxygens (including phenoxy) is 2. The number of rotatable bonds is 0. The minimum Gasteiger partial charge on any atom is -0.525 e. The van der Waals surface area contributed by atoms with E-state index in [4.69, 9.17) is 9.47 Å². The minimum atomic E-state index is 0. The van der Waals surface area contributed by atoms with Crippen LogP contribution in [-0.4, -0.2) is 36.3 Å². The van der Waals surface area contributed by atoms with Gasteiger partial charge in [0.25, 0.3) is 0 Å². The molecule has 1 saturated heterocycles. The molecule has 0 spiro atoms. The van der Waals surface area contributed by atoms with Crippen molar-refractivity contribution < 1.29 is 9.47 Å². The van der Waals surface area contributed by atoms with Crippen molar-refractivity contribution in [2.75, 3.05) is 13.2 Å². The summed E-state index contributed by atoms with van der Waals surface area (Å²) in [5.41, 5.74) is 0. The molecule has 1 aromatic rings. The van der Waals surface area contributed by atoms with Gasteiger partial charge in [-0.3, -0.25) is 0 Å². The van der Waals surface area contributed by atoms with Crippen LogP contribution in [0.3, 0.4) is 0 Å². The number of benzene rings is 1. The van der Waals surface area contributed by atoms with Crippen molar-refractivity contribution in [3.8, 4) is 0 Å². The van der Waals surface area contributed by atoms with Crippen LogP contribution in [0.1, 0.15) is 6.42 Å². The third kappa shape index (κ3) is 10.5. The Morgan fingerprint density at radius 3 is 1.71 bits per heavy atom. The predicted molar refractivity (Wildman–Crippen MR) is 62.2 cm³/mol. The Balaban J connectivity index is 0. The summed E-state index contributed by atoms with van der Waals surface area (Å²) in [7, 11) is 0. The molecular formula is C10H13BrMgO2. The molecule has 1 heterocycles. The molecule has 0 unspecified atom stereocenters. The third-order valence-electron chi connectivity index (χ3n) is 1.27. The quantitative estimate of drug-likeness (QED) is 0.531. The molecular weight excluding hydrogens is 256 g/mol. The van der Waals surface area contributed by atoms with E-state index in [0.29, 0.717) is 0 Å². The van der Waals surface area contributed by atoms with E-state index in [2.05, 4.69) is 6.07 Å². The molecule has 2 nitrogen and oxygen atoms in total. The Morgan fingerprint density at radius 2 is 1.57 bits per heavy atom. The summed E-state index contributed by atoms with van der Waals surface area (Å²) < 4.78 is 9.44. The predicted octanol–water partition coefficient (Wildman–Crippen LogP) is 2.23. The second kappa shape index (κ2) is 13.4. The van der Waals surface area contributed by atoms with Crippen LogP contribution in [0.15, 0.2) is 30.3 Å². The molecule has 1 aliphatic heterocycles. The summed E-state index contributed by atoms with van der Waals surface area (Å²) >= 11 is 0. The van der Waals surface area contributed by atoms with E-state index in [0.717, 1.165) is 19.6 Å². The maximum Gasteiger partial charge on any atom is 2.00 e. The van der Waals surface area contributed by atoms with Gasteiger partial charge in [-0.05, 0) is 6.42 Å². The van der Waals surface area contributed by atoms with E-state index in [1.165, 1.54) is 6.79 Å². The molecule has 14 heavy (non-hydrogen) atoms. The molecule has 0 atom stereocenters. The van der Waals surface area contributed by atoms with Crippen LogP contribution in [0.5, 0.6) is 0 Å². The molecule has 0 radical (unpaired) electrons. The number of hydrogen-bond donors (Lipinski definition) is 0. The van der Waals surface area contributed by atoms with E-state index >= 15 is 0 Å². The maximum absolute atomic E-state index is 4.72. The molecule has 0 bridgehead atoms. The molecule has 0 N–H and O–H groups in total. The Kier molecular flexibility index (Phi) is 16.1. The van der Waals surface area contributed by atoms with E-state index in [1.807, 2.05) is 30.3 Å². The topological polar surface area (TPSA) is 18.5 Å². The summed E-state index contributed by atoms with van der Waals surface area (Å²) in [4.78, 5) is 0. The van der Waals surface area contributed by atoms with Crippen molar-refractivity contribution in [1.82, 2.24) is 0 Å². The van der Waals surface area contributed by atoms with E-state index in [9.17, 15) is 0 Å². The van der Waals surface area contributed by atoms with E-state index in [-0.39, 0.29) is 40.0 Å². The Bertz CT molecular complexity index is 143. The first-order valence-electron chi connectivity index (χ1n) is 3.96. The average molecular weight is 269 g/mol. The maximum atomic E-state index is 4.72. The molecule has 0 amide bonds. The van der Waals surface area contributed by atoms with Crippen LogP contribution in [0.2, 0.25) is 0 Å².